The van der Waals surface area contributed by atoms with Crippen molar-refractivity contribution in [3.63, 3.8) is 0 Å². The van der Waals surface area contributed by atoms with E-state index in [2.05, 4.69) is 5.32 Å². The van der Waals surface area contributed by atoms with Gasteiger partial charge >= 0.3 is 5.97 Å². The van der Waals surface area contributed by atoms with Crippen molar-refractivity contribution in [1.29, 1.82) is 0 Å². The van der Waals surface area contributed by atoms with Crippen LogP contribution in [0.15, 0.2) is 29.2 Å². The third-order valence-corrected chi connectivity index (χ3v) is 4.50. The van der Waals surface area contributed by atoms with Crippen LogP contribution >= 0.6 is 0 Å². The van der Waals surface area contributed by atoms with Gasteiger partial charge in [-0.05, 0) is 18.2 Å². The number of benzene rings is 1. The fourth-order valence-electron chi connectivity index (χ4n) is 2.40. The van der Waals surface area contributed by atoms with E-state index in [1.807, 2.05) is 0 Å². The van der Waals surface area contributed by atoms with Crippen LogP contribution in [0.4, 0.5) is 5.69 Å². The molecule has 2 rings (SSSR count). The molecule has 0 aromatic heterocycles. The number of nitrogens with zero attached hydrogens (tertiary/aromatic N) is 1. The summed E-state index contributed by atoms with van der Waals surface area (Å²) < 4.78 is 22.8. The molecule has 1 atom stereocenters. The second kappa shape index (κ2) is 6.97. The molecule has 1 aliphatic heterocycles. The van der Waals surface area contributed by atoms with Crippen LogP contribution in [0, 0.1) is 5.92 Å². The largest absolute Gasteiger partial charge is 0.481 e. The summed E-state index contributed by atoms with van der Waals surface area (Å²) in [5, 5.41) is 16.1. The van der Waals surface area contributed by atoms with Crippen LogP contribution in [0.2, 0.25) is 0 Å². The van der Waals surface area contributed by atoms with Crippen molar-refractivity contribution in [2.75, 3.05) is 18.0 Å². The number of hydrogen-bond donors (Lipinski definition) is 3. The number of carboxylic acids is 1. The maximum Gasteiger partial charge on any atom is 0.305 e. The Bertz CT molecular complexity index is 776. The number of nitrogens with two attached hydrogens (primary N) is 1. The first-order valence-electron chi connectivity index (χ1n) is 7.11. The molecular weight excluding hydrogens is 338 g/mol. The Hall–Kier alpha value is -2.46. The van der Waals surface area contributed by atoms with Crippen LogP contribution in [0.3, 0.4) is 0 Å². The fraction of sp³-hybridized carbons (Fsp3) is 0.357. The molecule has 4 N–H and O–H groups in total. The minimum absolute atomic E-state index is 0.0141. The molecule has 0 saturated carbocycles. The summed E-state index contributed by atoms with van der Waals surface area (Å²) in [4.78, 5) is 35.7. The third-order valence-electron chi connectivity index (χ3n) is 3.59. The molecule has 1 fully saturated rings. The van der Waals surface area contributed by atoms with E-state index in [9.17, 15) is 22.8 Å². The van der Waals surface area contributed by atoms with Crippen molar-refractivity contribution in [2.24, 2.45) is 11.1 Å². The molecular formula is C14H17N3O6S. The zero-order chi connectivity index (χ0) is 17.9. The Morgan fingerprint density at radius 2 is 2.08 bits per heavy atom. The van der Waals surface area contributed by atoms with Gasteiger partial charge in [-0.2, -0.15) is 0 Å². The van der Waals surface area contributed by atoms with Gasteiger partial charge in [-0.1, -0.05) is 6.07 Å². The molecule has 1 saturated heterocycles. The van der Waals surface area contributed by atoms with E-state index >= 15 is 0 Å². The van der Waals surface area contributed by atoms with Crippen molar-refractivity contribution < 1.29 is 27.9 Å². The highest BCUT2D eigenvalue weighted by Crippen LogP contribution is 2.26. The lowest BCUT2D eigenvalue weighted by Gasteiger charge is -2.17. The second-order valence-corrected chi connectivity index (χ2v) is 6.94. The van der Waals surface area contributed by atoms with E-state index in [-0.39, 0.29) is 36.7 Å². The maximum absolute atomic E-state index is 12.1. The first-order chi connectivity index (χ1) is 11.2. The monoisotopic (exact) mass is 355 g/mol. The highest BCUT2D eigenvalue weighted by Gasteiger charge is 2.35. The summed E-state index contributed by atoms with van der Waals surface area (Å²) in [5.74, 6) is -2.38. The quantitative estimate of drug-likeness (QED) is 0.613. The summed E-state index contributed by atoms with van der Waals surface area (Å²) in [7, 11) is -3.90. The van der Waals surface area contributed by atoms with Gasteiger partial charge in [0.05, 0.1) is 17.2 Å². The molecule has 1 unspecified atom stereocenters. The Kier molecular flexibility index (Phi) is 5.20. The first-order valence-corrected chi connectivity index (χ1v) is 8.66. The van der Waals surface area contributed by atoms with Gasteiger partial charge in [0.25, 0.3) is 0 Å². The summed E-state index contributed by atoms with van der Waals surface area (Å²) in [6.45, 7) is 0.0750. The molecule has 10 heteroatoms. The summed E-state index contributed by atoms with van der Waals surface area (Å²) in [6, 6.07) is 5.60. The number of carbonyl (C=O) groups excluding carboxylic acids is 2. The van der Waals surface area contributed by atoms with Crippen LogP contribution in [0.25, 0.3) is 0 Å². The summed E-state index contributed by atoms with van der Waals surface area (Å²) >= 11 is 0. The van der Waals surface area contributed by atoms with E-state index in [1.165, 1.54) is 23.1 Å². The van der Waals surface area contributed by atoms with Gasteiger partial charge in [-0.15, -0.1) is 0 Å². The van der Waals surface area contributed by atoms with Crippen LogP contribution < -0.4 is 15.4 Å². The number of carbonyl (C=O) groups is 3. The van der Waals surface area contributed by atoms with Gasteiger partial charge in [0.2, 0.25) is 21.8 Å². The number of aliphatic carboxylic acids is 1. The van der Waals surface area contributed by atoms with E-state index < -0.39 is 27.8 Å². The highest BCUT2D eigenvalue weighted by atomic mass is 32.2. The SMILES string of the molecule is NS(=O)(=O)c1cccc(N2CC(C(=O)NCCC(=O)O)CC2=O)c1. The predicted molar refractivity (Wildman–Crippen MR) is 83.5 cm³/mol. The van der Waals surface area contributed by atoms with Gasteiger partial charge in [-0.25, -0.2) is 13.6 Å². The first kappa shape index (κ1) is 17.9. The number of hydrogen-bond acceptors (Lipinski definition) is 5. The van der Waals surface area contributed by atoms with Gasteiger partial charge in [0.15, 0.2) is 0 Å². The lowest BCUT2D eigenvalue weighted by Crippen LogP contribution is -2.34. The molecule has 0 bridgehead atoms. The molecule has 1 aromatic carbocycles. The molecule has 0 aliphatic carbocycles. The second-order valence-electron chi connectivity index (χ2n) is 5.38. The van der Waals surface area contributed by atoms with E-state index in [1.54, 1.807) is 6.07 Å². The third kappa shape index (κ3) is 4.30. The number of amides is 2. The van der Waals surface area contributed by atoms with Crippen molar-refractivity contribution >= 4 is 33.5 Å². The van der Waals surface area contributed by atoms with Crippen molar-refractivity contribution in [3.05, 3.63) is 24.3 Å². The lowest BCUT2D eigenvalue weighted by atomic mass is 10.1. The number of anilines is 1. The molecule has 1 aromatic rings. The molecule has 130 valence electrons. The van der Waals surface area contributed by atoms with Crippen molar-refractivity contribution in [1.82, 2.24) is 5.32 Å². The minimum Gasteiger partial charge on any atom is -0.481 e. The number of nitrogens with one attached hydrogen (secondary N) is 1. The number of carboxylic acid groups (broad SMARTS) is 1. The van der Waals surface area contributed by atoms with E-state index in [4.69, 9.17) is 10.2 Å². The highest BCUT2D eigenvalue weighted by molar-refractivity contribution is 7.89. The van der Waals surface area contributed by atoms with E-state index in [0.29, 0.717) is 5.69 Å². The summed E-state index contributed by atoms with van der Waals surface area (Å²) in [5.41, 5.74) is 0.340. The maximum atomic E-state index is 12.1. The van der Waals surface area contributed by atoms with Gasteiger partial charge in [0.1, 0.15) is 0 Å². The Morgan fingerprint density at radius 3 is 2.71 bits per heavy atom. The van der Waals surface area contributed by atoms with Crippen molar-refractivity contribution in [2.45, 2.75) is 17.7 Å². The summed E-state index contributed by atoms with van der Waals surface area (Å²) in [6.07, 6.45) is -0.231. The molecule has 2 amide bonds. The van der Waals surface area contributed by atoms with Crippen LogP contribution in [0.1, 0.15) is 12.8 Å². The Morgan fingerprint density at radius 1 is 1.38 bits per heavy atom. The van der Waals surface area contributed by atoms with Gasteiger partial charge < -0.3 is 15.3 Å². The molecule has 24 heavy (non-hydrogen) atoms. The average molecular weight is 355 g/mol. The zero-order valence-corrected chi connectivity index (χ0v) is 13.5. The van der Waals surface area contributed by atoms with Crippen LogP contribution in [-0.4, -0.2) is 44.4 Å². The topological polar surface area (TPSA) is 147 Å². The number of rotatable bonds is 6. The number of primary sulfonamides is 1. The fourth-order valence-corrected chi connectivity index (χ4v) is 2.95. The molecule has 0 spiro atoms. The minimum atomic E-state index is -3.90. The normalized spacial score (nSPS) is 17.8. The van der Waals surface area contributed by atoms with Crippen molar-refractivity contribution in [3.8, 4) is 0 Å². The van der Waals surface area contributed by atoms with Gasteiger partial charge in [0, 0.05) is 25.2 Å². The van der Waals surface area contributed by atoms with Crippen LogP contribution in [0.5, 0.6) is 0 Å². The molecule has 1 heterocycles. The lowest BCUT2D eigenvalue weighted by molar-refractivity contribution is -0.137. The Labute approximate surface area is 138 Å². The molecule has 0 radical (unpaired) electrons. The van der Waals surface area contributed by atoms with E-state index in [0.717, 1.165) is 0 Å². The van der Waals surface area contributed by atoms with Gasteiger partial charge in [-0.3, -0.25) is 14.4 Å². The smallest absolute Gasteiger partial charge is 0.305 e. The average Bonchev–Trinajstić information content (AvgIpc) is 2.88. The number of sulfonamides is 1. The molecule has 9 nitrogen and oxygen atoms in total. The molecule has 1 aliphatic rings. The standard InChI is InChI=1S/C14H17N3O6S/c15-24(22,23)11-3-1-2-10(7-11)17-8-9(6-12(17)18)14(21)16-5-4-13(19)20/h1-3,7,9H,4-6,8H2,(H,16,21)(H,19,20)(H2,15,22,23). The zero-order valence-electron chi connectivity index (χ0n) is 12.6. The van der Waals surface area contributed by atoms with Crippen LogP contribution in [-0.2, 0) is 24.4 Å². The predicted octanol–water partition coefficient (Wildman–Crippen LogP) is -0.722. The Balaban J connectivity index is 2.07.